The van der Waals surface area contributed by atoms with Crippen LogP contribution in [0.2, 0.25) is 0 Å². The predicted molar refractivity (Wildman–Crippen MR) is 158 cm³/mol. The second-order valence-corrected chi connectivity index (χ2v) is 9.33. The van der Waals surface area contributed by atoms with Crippen molar-refractivity contribution in [1.82, 2.24) is 16.0 Å². The second kappa shape index (κ2) is 21.1. The number of aliphatic imine (C=N–C) groups is 3. The van der Waals surface area contributed by atoms with E-state index in [4.69, 9.17) is 45.9 Å². The van der Waals surface area contributed by atoms with Gasteiger partial charge < -0.3 is 66.6 Å². The van der Waals surface area contributed by atoms with E-state index < -0.39 is 47.8 Å². The molecule has 4 atom stereocenters. The maximum atomic E-state index is 13.3. The number of nitrogens with zero attached hydrogens (tertiary/aromatic N) is 3. The largest absolute Gasteiger partial charge is 0.370 e. The summed E-state index contributed by atoms with van der Waals surface area (Å²) >= 11 is 0. The Balaban J connectivity index is 5.57. The molecule has 0 radical (unpaired) electrons. The van der Waals surface area contributed by atoms with Crippen molar-refractivity contribution in [2.75, 3.05) is 19.6 Å². The summed E-state index contributed by atoms with van der Waals surface area (Å²) in [7, 11) is 0. The molecule has 0 saturated carbocycles. The smallest absolute Gasteiger partial charge is 0.243 e. The van der Waals surface area contributed by atoms with E-state index in [0.29, 0.717) is 19.1 Å². The predicted octanol–water partition coefficient (Wildman–Crippen LogP) is -5.61. The van der Waals surface area contributed by atoms with Gasteiger partial charge in [0.15, 0.2) is 17.9 Å². The molecule has 19 N–H and O–H groups in total. The quantitative estimate of drug-likeness (QED) is 0.0240. The summed E-state index contributed by atoms with van der Waals surface area (Å²) in [5.74, 6) is -3.14. The van der Waals surface area contributed by atoms with Gasteiger partial charge in [0.05, 0.1) is 12.1 Å². The maximum absolute atomic E-state index is 13.3. The molecule has 0 saturated heterocycles. The zero-order valence-electron chi connectivity index (χ0n) is 23.7. The number of nitrogens with one attached hydrogen (secondary N) is 3. The summed E-state index contributed by atoms with van der Waals surface area (Å²) in [6.07, 6.45) is 1.74. The SMILES string of the molecule is NC(=O)CC[C@@H](NC(=O)[C@@H](CCCN=C(N)N)NC(=O)[C@@H](N)CCCN=C(N)N)C(=O)N[C@@H](C=O)CCCN=C(N)N. The Morgan fingerprint density at radius 2 is 1.02 bits per heavy atom. The Labute approximate surface area is 244 Å². The van der Waals surface area contributed by atoms with Crippen molar-refractivity contribution in [3.05, 3.63) is 0 Å². The van der Waals surface area contributed by atoms with E-state index >= 15 is 0 Å². The minimum atomic E-state index is -1.25. The molecule has 0 unspecified atom stereocenters. The number of nitrogens with two attached hydrogens (primary N) is 8. The van der Waals surface area contributed by atoms with Crippen LogP contribution in [0.15, 0.2) is 15.0 Å². The lowest BCUT2D eigenvalue weighted by Gasteiger charge is -2.25. The summed E-state index contributed by atoms with van der Waals surface area (Å²) in [5.41, 5.74) is 43.0. The highest BCUT2D eigenvalue weighted by atomic mass is 16.2. The van der Waals surface area contributed by atoms with Crippen LogP contribution in [-0.4, -0.2) is 91.6 Å². The van der Waals surface area contributed by atoms with E-state index in [1.165, 1.54) is 0 Å². The van der Waals surface area contributed by atoms with Crippen molar-refractivity contribution in [3.8, 4) is 0 Å². The molecule has 0 bridgehead atoms. The first-order chi connectivity index (χ1) is 19.8. The molecule has 0 aromatic rings. The van der Waals surface area contributed by atoms with Crippen LogP contribution in [0.5, 0.6) is 0 Å². The molecule has 19 nitrogen and oxygen atoms in total. The zero-order valence-corrected chi connectivity index (χ0v) is 23.7. The summed E-state index contributed by atoms with van der Waals surface area (Å²) in [6, 6.07) is -4.28. The number of primary amides is 1. The van der Waals surface area contributed by atoms with Crippen molar-refractivity contribution in [3.63, 3.8) is 0 Å². The van der Waals surface area contributed by atoms with Gasteiger partial charge in [0, 0.05) is 26.1 Å². The van der Waals surface area contributed by atoms with Gasteiger partial charge in [0.25, 0.3) is 0 Å². The molecule has 0 aliphatic heterocycles. The van der Waals surface area contributed by atoms with E-state index in [2.05, 4.69) is 30.9 Å². The fourth-order valence-corrected chi connectivity index (χ4v) is 3.51. The van der Waals surface area contributed by atoms with Gasteiger partial charge in [0.1, 0.15) is 18.4 Å². The molecule has 0 aromatic carbocycles. The van der Waals surface area contributed by atoms with Crippen LogP contribution in [0.25, 0.3) is 0 Å². The van der Waals surface area contributed by atoms with Crippen LogP contribution in [0.1, 0.15) is 51.4 Å². The molecule has 0 aliphatic rings. The third kappa shape index (κ3) is 18.6. The fourth-order valence-electron chi connectivity index (χ4n) is 3.51. The minimum Gasteiger partial charge on any atom is -0.370 e. The van der Waals surface area contributed by atoms with Gasteiger partial charge in [0.2, 0.25) is 23.6 Å². The maximum Gasteiger partial charge on any atom is 0.243 e. The Morgan fingerprint density at radius 1 is 0.595 bits per heavy atom. The van der Waals surface area contributed by atoms with Gasteiger partial charge in [-0.1, -0.05) is 0 Å². The first-order valence-electron chi connectivity index (χ1n) is 13.3. The Kier molecular flexibility index (Phi) is 18.8. The molecule has 0 aromatic heterocycles. The summed E-state index contributed by atoms with van der Waals surface area (Å²) < 4.78 is 0. The highest BCUT2D eigenvalue weighted by Gasteiger charge is 2.29. The van der Waals surface area contributed by atoms with Crippen LogP contribution in [0.3, 0.4) is 0 Å². The molecule has 4 amide bonds. The van der Waals surface area contributed by atoms with Gasteiger partial charge in [-0.3, -0.25) is 34.2 Å². The van der Waals surface area contributed by atoms with Crippen molar-refractivity contribution in [2.24, 2.45) is 60.8 Å². The van der Waals surface area contributed by atoms with Gasteiger partial charge in [-0.25, -0.2) is 0 Å². The van der Waals surface area contributed by atoms with Crippen LogP contribution in [0.4, 0.5) is 0 Å². The molecule has 0 spiro atoms. The molecule has 0 fully saturated rings. The average molecular weight is 599 g/mol. The first kappa shape index (κ1) is 37.3. The van der Waals surface area contributed by atoms with E-state index in [-0.39, 0.29) is 76.0 Å². The molecule has 0 rings (SSSR count). The summed E-state index contributed by atoms with van der Waals surface area (Å²) in [6.45, 7) is 0.666. The Hall–Kier alpha value is -4.68. The van der Waals surface area contributed by atoms with E-state index in [1.807, 2.05) is 0 Å². The average Bonchev–Trinajstić information content (AvgIpc) is 2.91. The molecule has 19 heteroatoms. The number of rotatable bonds is 22. The van der Waals surface area contributed by atoms with Crippen LogP contribution in [0, 0.1) is 0 Å². The highest BCUT2D eigenvalue weighted by molar-refractivity contribution is 5.93. The molecule has 0 aliphatic carbocycles. The van der Waals surface area contributed by atoms with Crippen molar-refractivity contribution < 1.29 is 24.0 Å². The molecule has 42 heavy (non-hydrogen) atoms. The Morgan fingerprint density at radius 3 is 1.50 bits per heavy atom. The lowest BCUT2D eigenvalue weighted by atomic mass is 10.1. The highest BCUT2D eigenvalue weighted by Crippen LogP contribution is 2.06. The fraction of sp³-hybridized carbons (Fsp3) is 0.652. The number of guanidine groups is 3. The van der Waals surface area contributed by atoms with Crippen LogP contribution < -0.4 is 61.8 Å². The zero-order chi connectivity index (χ0) is 32.1. The van der Waals surface area contributed by atoms with E-state index in [0.717, 1.165) is 0 Å². The van der Waals surface area contributed by atoms with Crippen molar-refractivity contribution in [1.29, 1.82) is 0 Å². The van der Waals surface area contributed by atoms with Gasteiger partial charge in [-0.05, 0) is 44.9 Å². The monoisotopic (exact) mass is 598 g/mol. The Bertz CT molecular complexity index is 975. The number of aldehydes is 1. The molecular formula is C23H46N14O5. The third-order valence-electron chi connectivity index (χ3n) is 5.65. The number of hydrogen-bond acceptors (Lipinski definition) is 9. The normalized spacial score (nSPS) is 13.3. The molecule has 238 valence electrons. The topological polar surface area (TPSA) is 367 Å². The van der Waals surface area contributed by atoms with Crippen LogP contribution in [-0.2, 0) is 24.0 Å². The van der Waals surface area contributed by atoms with E-state index in [1.54, 1.807) is 0 Å². The van der Waals surface area contributed by atoms with Crippen molar-refractivity contribution in [2.45, 2.75) is 75.5 Å². The summed E-state index contributed by atoms with van der Waals surface area (Å²) in [5, 5.41) is 7.62. The number of carbonyl (C=O) groups excluding carboxylic acids is 5. The third-order valence-corrected chi connectivity index (χ3v) is 5.65. The second-order valence-electron chi connectivity index (χ2n) is 9.33. The van der Waals surface area contributed by atoms with Crippen LogP contribution >= 0.6 is 0 Å². The van der Waals surface area contributed by atoms with Gasteiger partial charge in [-0.15, -0.1) is 0 Å². The van der Waals surface area contributed by atoms with Crippen molar-refractivity contribution >= 4 is 47.8 Å². The molecular weight excluding hydrogens is 552 g/mol. The number of amides is 4. The first-order valence-corrected chi connectivity index (χ1v) is 13.3. The van der Waals surface area contributed by atoms with E-state index in [9.17, 15) is 24.0 Å². The number of carbonyl (C=O) groups is 5. The lowest BCUT2D eigenvalue weighted by molar-refractivity contribution is -0.133. The standard InChI is InChI=1S/C23H46N14O5/c24-14(5-2-10-33-22(28)29)18(40)36-15(6-3-11-34-23(30)31)20(42)37-16(7-8-17(25)39)19(41)35-13(12-38)4-1-9-32-21(26)27/h12-16H,1-11,24H2,(H2,25,39)(H,35,41)(H,36,40)(H,37,42)(H4,26,27,32)(H4,28,29,33)(H4,30,31,34)/t13-,14+,15-,16-/m1/s1. The van der Waals surface area contributed by atoms with Gasteiger partial charge >= 0.3 is 0 Å². The summed E-state index contributed by atoms with van der Waals surface area (Å²) in [4.78, 5) is 73.4. The minimum absolute atomic E-state index is 0.0843. The van der Waals surface area contributed by atoms with Gasteiger partial charge in [-0.2, -0.15) is 0 Å². The number of hydrogen-bond donors (Lipinski definition) is 11. The lowest BCUT2D eigenvalue weighted by Crippen LogP contribution is -2.56. The molecule has 0 heterocycles.